The standard InChI is InChI=1S/C14H13Cl2NO3S/c1-9-3-6-13(20-2)12(7-9)17-21(18,19)14-8-10(15)4-5-11(14)16/h3-8,17H,1-2H3. The molecular formula is C14H13Cl2NO3S. The molecule has 0 amide bonds. The summed E-state index contributed by atoms with van der Waals surface area (Å²) in [5.74, 6) is 0.419. The summed E-state index contributed by atoms with van der Waals surface area (Å²) >= 11 is 11.8. The van der Waals surface area contributed by atoms with E-state index in [2.05, 4.69) is 4.72 Å². The van der Waals surface area contributed by atoms with Crippen LogP contribution < -0.4 is 9.46 Å². The molecule has 2 aromatic rings. The topological polar surface area (TPSA) is 55.4 Å². The van der Waals surface area contributed by atoms with Crippen LogP contribution in [-0.2, 0) is 10.0 Å². The molecule has 21 heavy (non-hydrogen) atoms. The second-order valence-electron chi connectivity index (χ2n) is 4.38. The molecule has 4 nitrogen and oxygen atoms in total. The van der Waals surface area contributed by atoms with Crippen molar-refractivity contribution in [1.82, 2.24) is 0 Å². The third-order valence-corrected chi connectivity index (χ3v) is 4.86. The van der Waals surface area contributed by atoms with Crippen LogP contribution in [0.25, 0.3) is 0 Å². The van der Waals surface area contributed by atoms with Crippen LogP contribution in [0, 0.1) is 6.92 Å². The number of aryl methyl sites for hydroxylation is 1. The molecular weight excluding hydrogens is 333 g/mol. The van der Waals surface area contributed by atoms with Crippen molar-refractivity contribution >= 4 is 38.9 Å². The fourth-order valence-electron chi connectivity index (χ4n) is 1.78. The molecule has 0 bridgehead atoms. The molecule has 0 saturated heterocycles. The van der Waals surface area contributed by atoms with Crippen molar-refractivity contribution in [3.63, 3.8) is 0 Å². The fraction of sp³-hybridized carbons (Fsp3) is 0.143. The number of ether oxygens (including phenoxy) is 1. The number of halogens is 2. The first kappa shape index (κ1) is 15.9. The molecule has 0 radical (unpaired) electrons. The van der Waals surface area contributed by atoms with Crippen LogP contribution >= 0.6 is 23.2 Å². The molecule has 112 valence electrons. The smallest absolute Gasteiger partial charge is 0.263 e. The summed E-state index contributed by atoms with van der Waals surface area (Å²) in [5, 5.41) is 0.384. The van der Waals surface area contributed by atoms with Crippen molar-refractivity contribution in [1.29, 1.82) is 0 Å². The Morgan fingerprint density at radius 2 is 1.81 bits per heavy atom. The first-order valence-electron chi connectivity index (χ1n) is 5.96. The fourth-order valence-corrected chi connectivity index (χ4v) is 3.61. The van der Waals surface area contributed by atoms with Crippen LogP contribution in [0.5, 0.6) is 5.75 Å². The van der Waals surface area contributed by atoms with Gasteiger partial charge in [-0.3, -0.25) is 4.72 Å². The van der Waals surface area contributed by atoms with E-state index >= 15 is 0 Å². The van der Waals surface area contributed by atoms with Crippen LogP contribution in [0.1, 0.15) is 5.56 Å². The van der Waals surface area contributed by atoms with Gasteiger partial charge in [-0.2, -0.15) is 0 Å². The summed E-state index contributed by atoms with van der Waals surface area (Å²) in [4.78, 5) is -0.0831. The molecule has 2 aromatic carbocycles. The van der Waals surface area contributed by atoms with Crippen LogP contribution in [0.15, 0.2) is 41.3 Å². The molecule has 0 fully saturated rings. The largest absolute Gasteiger partial charge is 0.495 e. The number of hydrogen-bond donors (Lipinski definition) is 1. The maximum atomic E-state index is 12.4. The molecule has 7 heteroatoms. The Labute approximate surface area is 133 Å². The molecule has 0 aromatic heterocycles. The maximum Gasteiger partial charge on any atom is 0.263 e. The minimum Gasteiger partial charge on any atom is -0.495 e. The first-order chi connectivity index (χ1) is 9.83. The quantitative estimate of drug-likeness (QED) is 0.906. The van der Waals surface area contributed by atoms with Crippen molar-refractivity contribution < 1.29 is 13.2 Å². The molecule has 2 rings (SSSR count). The average molecular weight is 346 g/mol. The number of rotatable bonds is 4. The monoisotopic (exact) mass is 345 g/mol. The van der Waals surface area contributed by atoms with Crippen molar-refractivity contribution in [2.75, 3.05) is 11.8 Å². The second-order valence-corrected chi connectivity index (χ2v) is 6.88. The van der Waals surface area contributed by atoms with E-state index in [1.807, 2.05) is 13.0 Å². The molecule has 0 heterocycles. The molecule has 0 saturated carbocycles. The van der Waals surface area contributed by atoms with E-state index in [-0.39, 0.29) is 14.9 Å². The van der Waals surface area contributed by atoms with E-state index in [9.17, 15) is 8.42 Å². The average Bonchev–Trinajstić information content (AvgIpc) is 2.41. The molecule has 0 unspecified atom stereocenters. The summed E-state index contributed by atoms with van der Waals surface area (Å²) < 4.78 is 32.5. The lowest BCUT2D eigenvalue weighted by Gasteiger charge is -2.13. The Morgan fingerprint density at radius 1 is 1.10 bits per heavy atom. The third-order valence-electron chi connectivity index (χ3n) is 2.78. The molecule has 0 atom stereocenters. The highest BCUT2D eigenvalue weighted by Gasteiger charge is 2.20. The second kappa shape index (κ2) is 6.13. The number of anilines is 1. The molecule has 0 aliphatic rings. The van der Waals surface area contributed by atoms with Crippen molar-refractivity contribution in [3.05, 3.63) is 52.0 Å². The highest BCUT2D eigenvalue weighted by molar-refractivity contribution is 7.92. The van der Waals surface area contributed by atoms with Gasteiger partial charge >= 0.3 is 0 Å². The first-order valence-corrected chi connectivity index (χ1v) is 8.20. The van der Waals surface area contributed by atoms with Gasteiger partial charge in [0, 0.05) is 5.02 Å². The lowest BCUT2D eigenvalue weighted by Crippen LogP contribution is -2.14. The summed E-state index contributed by atoms with van der Waals surface area (Å²) in [5.41, 5.74) is 1.24. The van der Waals surface area contributed by atoms with Crippen molar-refractivity contribution in [3.8, 4) is 5.75 Å². The van der Waals surface area contributed by atoms with E-state index in [1.54, 1.807) is 12.1 Å². The zero-order valence-electron chi connectivity index (χ0n) is 11.4. The Morgan fingerprint density at radius 3 is 2.48 bits per heavy atom. The SMILES string of the molecule is COc1ccc(C)cc1NS(=O)(=O)c1cc(Cl)ccc1Cl. The van der Waals surface area contributed by atoms with Gasteiger partial charge in [0.1, 0.15) is 10.6 Å². The van der Waals surface area contributed by atoms with E-state index in [1.165, 1.54) is 25.3 Å². The zero-order chi connectivity index (χ0) is 15.6. The van der Waals surface area contributed by atoms with Crippen LogP contribution in [-0.4, -0.2) is 15.5 Å². The van der Waals surface area contributed by atoms with Gasteiger partial charge in [0.05, 0.1) is 17.8 Å². The van der Waals surface area contributed by atoms with E-state index < -0.39 is 10.0 Å². The highest BCUT2D eigenvalue weighted by atomic mass is 35.5. The van der Waals surface area contributed by atoms with Crippen molar-refractivity contribution in [2.24, 2.45) is 0 Å². The van der Waals surface area contributed by atoms with Crippen LogP contribution in [0.4, 0.5) is 5.69 Å². The predicted octanol–water partition coefficient (Wildman–Crippen LogP) is 4.11. The van der Waals surface area contributed by atoms with Gasteiger partial charge in [0.15, 0.2) is 0 Å². The van der Waals surface area contributed by atoms with Crippen molar-refractivity contribution in [2.45, 2.75) is 11.8 Å². The number of nitrogens with one attached hydrogen (secondary N) is 1. The number of hydrogen-bond acceptors (Lipinski definition) is 3. The van der Waals surface area contributed by atoms with Gasteiger partial charge in [-0.05, 0) is 42.8 Å². The zero-order valence-corrected chi connectivity index (χ0v) is 13.7. The predicted molar refractivity (Wildman–Crippen MR) is 85.0 cm³/mol. The summed E-state index contributed by atoms with van der Waals surface area (Å²) in [6, 6.07) is 9.45. The van der Waals surface area contributed by atoms with Gasteiger partial charge in [-0.1, -0.05) is 29.3 Å². The Bertz CT molecular complexity index is 776. The molecule has 0 aliphatic carbocycles. The lowest BCUT2D eigenvalue weighted by atomic mass is 10.2. The number of sulfonamides is 1. The van der Waals surface area contributed by atoms with Gasteiger partial charge in [-0.25, -0.2) is 8.42 Å². The van der Waals surface area contributed by atoms with E-state index in [0.29, 0.717) is 11.4 Å². The van der Waals surface area contributed by atoms with Gasteiger partial charge in [-0.15, -0.1) is 0 Å². The molecule has 0 spiro atoms. The molecule has 0 aliphatic heterocycles. The maximum absolute atomic E-state index is 12.4. The number of benzene rings is 2. The van der Waals surface area contributed by atoms with Gasteiger partial charge < -0.3 is 4.74 Å². The number of methoxy groups -OCH3 is 1. The Hall–Kier alpha value is -1.43. The van der Waals surface area contributed by atoms with Crippen LogP contribution in [0.3, 0.4) is 0 Å². The minimum atomic E-state index is -3.86. The van der Waals surface area contributed by atoms with E-state index in [0.717, 1.165) is 5.56 Å². The van der Waals surface area contributed by atoms with Crippen LogP contribution in [0.2, 0.25) is 10.0 Å². The summed E-state index contributed by atoms with van der Waals surface area (Å²) in [7, 11) is -2.40. The Kier molecular flexibility index (Phi) is 4.66. The van der Waals surface area contributed by atoms with E-state index in [4.69, 9.17) is 27.9 Å². The normalized spacial score (nSPS) is 11.2. The van der Waals surface area contributed by atoms with Gasteiger partial charge in [0.2, 0.25) is 0 Å². The van der Waals surface area contributed by atoms with Gasteiger partial charge in [0.25, 0.3) is 10.0 Å². The highest BCUT2D eigenvalue weighted by Crippen LogP contribution is 2.31. The Balaban J connectivity index is 2.47. The minimum absolute atomic E-state index is 0.0831. The third kappa shape index (κ3) is 3.61. The summed E-state index contributed by atoms with van der Waals surface area (Å²) in [6.07, 6.45) is 0. The summed E-state index contributed by atoms with van der Waals surface area (Å²) in [6.45, 7) is 1.85. The lowest BCUT2D eigenvalue weighted by molar-refractivity contribution is 0.417. The molecule has 1 N–H and O–H groups in total.